The largest absolute Gasteiger partial charge is 0.497 e. The van der Waals surface area contributed by atoms with Crippen LogP contribution in [0.2, 0.25) is 0 Å². The smallest absolute Gasteiger partial charge is 0.250 e. The first-order valence-electron chi connectivity index (χ1n) is 10.8. The lowest BCUT2D eigenvalue weighted by Crippen LogP contribution is -2.52. The van der Waals surface area contributed by atoms with E-state index in [1.807, 2.05) is 24.4 Å². The van der Waals surface area contributed by atoms with Crippen LogP contribution in [0.3, 0.4) is 0 Å². The Bertz CT molecular complexity index is 878. The zero-order valence-electron chi connectivity index (χ0n) is 18.5. The molecule has 0 spiro atoms. The first-order valence-corrected chi connectivity index (χ1v) is 10.8. The summed E-state index contributed by atoms with van der Waals surface area (Å²) in [7, 11) is 1.70. The summed E-state index contributed by atoms with van der Waals surface area (Å²) in [5.74, 6) is 1.88. The highest BCUT2D eigenvalue weighted by molar-refractivity contribution is 14.0. The van der Waals surface area contributed by atoms with Crippen molar-refractivity contribution < 1.29 is 4.74 Å². The molecule has 1 aliphatic rings. The van der Waals surface area contributed by atoms with Crippen LogP contribution < -0.4 is 20.5 Å². The maximum atomic E-state index is 11.8. The Morgan fingerprint density at radius 2 is 1.90 bits per heavy atom. The van der Waals surface area contributed by atoms with Crippen LogP contribution in [0.15, 0.2) is 58.4 Å². The maximum Gasteiger partial charge on any atom is 0.250 e. The Morgan fingerprint density at radius 1 is 1.10 bits per heavy atom. The van der Waals surface area contributed by atoms with Crippen LogP contribution in [0.1, 0.15) is 19.8 Å². The number of ether oxygens (including phenoxy) is 1. The third-order valence-electron chi connectivity index (χ3n) is 5.30. The quantitative estimate of drug-likeness (QED) is 0.242. The van der Waals surface area contributed by atoms with Crippen molar-refractivity contribution in [1.29, 1.82) is 0 Å². The van der Waals surface area contributed by atoms with E-state index in [1.165, 1.54) is 5.69 Å². The number of piperazine rings is 1. The Hall–Kier alpha value is -2.23. The van der Waals surface area contributed by atoms with Crippen molar-refractivity contribution >= 4 is 35.6 Å². The number of unbranched alkanes of at least 4 members (excludes halogenated alkanes) is 1. The van der Waals surface area contributed by atoms with Crippen molar-refractivity contribution in [3.63, 3.8) is 0 Å². The zero-order valence-corrected chi connectivity index (χ0v) is 20.8. The highest BCUT2D eigenvalue weighted by Crippen LogP contribution is 2.22. The van der Waals surface area contributed by atoms with Crippen molar-refractivity contribution in [2.45, 2.75) is 26.3 Å². The van der Waals surface area contributed by atoms with Gasteiger partial charge in [-0.05, 0) is 38.0 Å². The normalized spacial score (nSPS) is 14.2. The number of benzene rings is 1. The second-order valence-corrected chi connectivity index (χ2v) is 7.35. The topological polar surface area (TPSA) is 62.1 Å². The number of nitrogens with one attached hydrogen (secondary N) is 1. The molecule has 1 N–H and O–H groups in total. The molecule has 3 rings (SSSR count). The van der Waals surface area contributed by atoms with E-state index in [1.54, 1.807) is 23.8 Å². The molecule has 0 amide bonds. The molecule has 1 saturated heterocycles. The molecule has 170 valence electrons. The van der Waals surface area contributed by atoms with E-state index in [0.29, 0.717) is 0 Å². The van der Waals surface area contributed by atoms with Gasteiger partial charge < -0.3 is 24.4 Å². The lowest BCUT2D eigenvalue weighted by Gasteiger charge is -2.37. The van der Waals surface area contributed by atoms with E-state index in [4.69, 9.17) is 9.73 Å². The van der Waals surface area contributed by atoms with Gasteiger partial charge in [-0.2, -0.15) is 0 Å². The summed E-state index contributed by atoms with van der Waals surface area (Å²) in [6.07, 6.45) is 3.74. The number of aromatic nitrogens is 1. The average Bonchev–Trinajstić information content (AvgIpc) is 2.79. The molecular formula is C23H34IN5O2. The minimum atomic E-state index is 0. The average molecular weight is 539 g/mol. The molecule has 1 aliphatic heterocycles. The Labute approximate surface area is 202 Å². The molecule has 2 heterocycles. The molecule has 1 aromatic carbocycles. The molecule has 1 aromatic heterocycles. The number of halogens is 1. The summed E-state index contributed by atoms with van der Waals surface area (Å²) in [4.78, 5) is 21.3. The van der Waals surface area contributed by atoms with E-state index < -0.39 is 0 Å². The van der Waals surface area contributed by atoms with Crippen molar-refractivity contribution in [3.05, 3.63) is 59.0 Å². The summed E-state index contributed by atoms with van der Waals surface area (Å²) in [6.45, 7) is 8.23. The van der Waals surface area contributed by atoms with Gasteiger partial charge >= 0.3 is 0 Å². The van der Waals surface area contributed by atoms with Gasteiger partial charge in [-0.3, -0.25) is 9.79 Å². The molecule has 1 fully saturated rings. The predicted octanol–water partition coefficient (Wildman–Crippen LogP) is 3.04. The summed E-state index contributed by atoms with van der Waals surface area (Å²) in [6, 6.07) is 13.5. The molecule has 0 unspecified atom stereocenters. The Morgan fingerprint density at radius 3 is 2.61 bits per heavy atom. The molecule has 2 aromatic rings. The zero-order chi connectivity index (χ0) is 21.2. The van der Waals surface area contributed by atoms with Crippen LogP contribution in [0.4, 0.5) is 5.69 Å². The van der Waals surface area contributed by atoms with Crippen LogP contribution in [-0.2, 0) is 6.54 Å². The number of methoxy groups -OCH3 is 1. The van der Waals surface area contributed by atoms with Crippen molar-refractivity contribution in [2.24, 2.45) is 4.99 Å². The number of pyridine rings is 1. The number of hydrogen-bond donors (Lipinski definition) is 1. The standard InChI is InChI=1S/C23H33N5O2.HI/c1-3-24-23(25-12-5-7-14-27-13-6-4-11-22(27)29)28-17-15-26(16-18-28)20-9-8-10-21(19-20)30-2;/h4,6,8-11,13,19H,3,5,7,12,14-18H2,1-2H3,(H,24,25);1H. The minimum absolute atomic E-state index is 0. The van der Waals surface area contributed by atoms with Gasteiger partial charge in [0.05, 0.1) is 7.11 Å². The van der Waals surface area contributed by atoms with Crippen molar-refractivity contribution in [3.8, 4) is 5.75 Å². The van der Waals surface area contributed by atoms with Crippen molar-refractivity contribution in [1.82, 2.24) is 14.8 Å². The third kappa shape index (κ3) is 7.45. The third-order valence-corrected chi connectivity index (χ3v) is 5.30. The van der Waals surface area contributed by atoms with Crippen molar-refractivity contribution in [2.75, 3.05) is 51.3 Å². The van der Waals surface area contributed by atoms with E-state index >= 15 is 0 Å². The van der Waals surface area contributed by atoms with E-state index in [0.717, 1.165) is 70.4 Å². The number of aliphatic imine (C=N–C) groups is 1. The highest BCUT2D eigenvalue weighted by Gasteiger charge is 2.20. The monoisotopic (exact) mass is 539 g/mol. The van der Waals surface area contributed by atoms with Gasteiger partial charge in [0.15, 0.2) is 5.96 Å². The van der Waals surface area contributed by atoms with Gasteiger partial charge in [-0.25, -0.2) is 0 Å². The van der Waals surface area contributed by atoms with Gasteiger partial charge in [0.1, 0.15) is 5.75 Å². The fourth-order valence-corrected chi connectivity index (χ4v) is 3.63. The van der Waals surface area contributed by atoms with Gasteiger partial charge in [-0.1, -0.05) is 12.1 Å². The van der Waals surface area contributed by atoms with Gasteiger partial charge in [0.2, 0.25) is 5.56 Å². The van der Waals surface area contributed by atoms with E-state index in [2.05, 4.69) is 34.2 Å². The fraction of sp³-hybridized carbons (Fsp3) is 0.478. The number of guanidine groups is 1. The first kappa shape index (κ1) is 25.0. The molecular weight excluding hydrogens is 505 g/mol. The van der Waals surface area contributed by atoms with Gasteiger partial charge in [-0.15, -0.1) is 24.0 Å². The maximum absolute atomic E-state index is 11.8. The van der Waals surface area contributed by atoms with Crippen LogP contribution in [0.25, 0.3) is 0 Å². The highest BCUT2D eigenvalue weighted by atomic mass is 127. The van der Waals surface area contributed by atoms with Crippen LogP contribution >= 0.6 is 24.0 Å². The lowest BCUT2D eigenvalue weighted by molar-refractivity contribution is 0.371. The molecule has 0 bridgehead atoms. The lowest BCUT2D eigenvalue weighted by atomic mass is 10.2. The first-order chi connectivity index (χ1) is 14.7. The SMILES string of the molecule is CCNC(=NCCCCn1ccccc1=O)N1CCN(c2cccc(OC)c2)CC1.I. The van der Waals surface area contributed by atoms with E-state index in [9.17, 15) is 4.79 Å². The molecule has 0 saturated carbocycles. The fourth-order valence-electron chi connectivity index (χ4n) is 3.63. The van der Waals surface area contributed by atoms with Crippen LogP contribution in [0.5, 0.6) is 5.75 Å². The number of aryl methyl sites for hydroxylation is 1. The number of rotatable bonds is 8. The predicted molar refractivity (Wildman–Crippen MR) is 138 cm³/mol. The second kappa shape index (κ2) is 13.2. The van der Waals surface area contributed by atoms with Gasteiger partial charge in [0.25, 0.3) is 0 Å². The molecule has 0 atom stereocenters. The number of nitrogens with zero attached hydrogens (tertiary/aromatic N) is 4. The Kier molecular flexibility index (Phi) is 10.7. The molecule has 7 nitrogen and oxygen atoms in total. The molecule has 0 aliphatic carbocycles. The number of hydrogen-bond acceptors (Lipinski definition) is 4. The number of anilines is 1. The summed E-state index contributed by atoms with van der Waals surface area (Å²) < 4.78 is 7.11. The molecule has 8 heteroatoms. The van der Waals surface area contributed by atoms with E-state index in [-0.39, 0.29) is 29.5 Å². The molecule has 0 radical (unpaired) electrons. The Balaban J connectivity index is 0.00000341. The van der Waals surface area contributed by atoms with Gasteiger partial charge in [0, 0.05) is 69.8 Å². The molecule has 31 heavy (non-hydrogen) atoms. The summed E-state index contributed by atoms with van der Waals surface area (Å²) in [5.41, 5.74) is 1.26. The summed E-state index contributed by atoms with van der Waals surface area (Å²) in [5, 5.41) is 3.43. The van der Waals surface area contributed by atoms with Crippen LogP contribution in [0, 0.1) is 0 Å². The summed E-state index contributed by atoms with van der Waals surface area (Å²) >= 11 is 0. The minimum Gasteiger partial charge on any atom is -0.497 e. The van der Waals surface area contributed by atoms with Crippen LogP contribution in [-0.4, -0.2) is 61.8 Å². The second-order valence-electron chi connectivity index (χ2n) is 7.35.